The smallest absolute Gasteiger partial charge is 0.264 e. The van der Waals surface area contributed by atoms with Crippen molar-refractivity contribution in [1.29, 1.82) is 0 Å². The first kappa shape index (κ1) is 22.8. The topological polar surface area (TPSA) is 46.4 Å². The van der Waals surface area contributed by atoms with E-state index in [-0.39, 0.29) is 5.91 Å². The van der Waals surface area contributed by atoms with Crippen LogP contribution < -0.4 is 5.32 Å². The van der Waals surface area contributed by atoms with Crippen molar-refractivity contribution in [3.63, 3.8) is 0 Å². The van der Waals surface area contributed by atoms with Gasteiger partial charge in [0.05, 0.1) is 10.6 Å². The lowest BCUT2D eigenvalue weighted by Gasteiger charge is -2.05. The second kappa shape index (κ2) is 10.1. The standard InChI is InChI=1S/C27H22ClN3OS2/c1-18-6-2-4-8-23(18)29-27-30-26(32)25(34-27)16-19-17-31(24-9-5-3-7-22(19)24)14-15-33-21-12-10-20(28)11-13-21/h2-13,16-17H,14-15H2,1H3,(H,29,30,32)/b25-16-. The summed E-state index contributed by atoms with van der Waals surface area (Å²) in [6.07, 6.45) is 4.09. The van der Waals surface area contributed by atoms with Crippen LogP contribution in [0.4, 0.5) is 5.69 Å². The molecule has 0 spiro atoms. The number of nitrogens with one attached hydrogen (secondary N) is 1. The number of aryl methyl sites for hydroxylation is 2. The van der Waals surface area contributed by atoms with Crippen LogP contribution in [0.15, 0.2) is 93.8 Å². The zero-order valence-corrected chi connectivity index (χ0v) is 20.9. The Hall–Kier alpha value is -2.93. The highest BCUT2D eigenvalue weighted by Gasteiger charge is 2.24. The van der Waals surface area contributed by atoms with Crippen LogP contribution in [-0.4, -0.2) is 21.4 Å². The van der Waals surface area contributed by atoms with E-state index in [4.69, 9.17) is 11.6 Å². The summed E-state index contributed by atoms with van der Waals surface area (Å²) >= 11 is 9.17. The fourth-order valence-corrected chi connectivity index (χ4v) is 5.59. The number of benzene rings is 3. The van der Waals surface area contributed by atoms with Gasteiger partial charge < -0.3 is 9.88 Å². The Morgan fingerprint density at radius 3 is 2.65 bits per heavy atom. The fraction of sp³-hybridized carbons (Fsp3) is 0.111. The Kier molecular flexibility index (Phi) is 6.81. The number of fused-ring (bicyclic) bond motifs is 1. The third-order valence-electron chi connectivity index (χ3n) is 5.51. The lowest BCUT2D eigenvalue weighted by molar-refractivity contribution is -0.115. The summed E-state index contributed by atoms with van der Waals surface area (Å²) in [5.74, 6) is 0.811. The highest BCUT2D eigenvalue weighted by atomic mass is 35.5. The molecule has 0 bridgehead atoms. The molecule has 1 aliphatic rings. The third-order valence-corrected chi connectivity index (χ3v) is 7.66. The molecule has 1 aromatic heterocycles. The van der Waals surface area contributed by atoms with Crippen molar-refractivity contribution in [2.75, 3.05) is 5.75 Å². The van der Waals surface area contributed by atoms with Crippen molar-refractivity contribution in [3.05, 3.63) is 100 Å². The van der Waals surface area contributed by atoms with Crippen LogP contribution in [0.25, 0.3) is 17.0 Å². The van der Waals surface area contributed by atoms with Gasteiger partial charge in [0.15, 0.2) is 5.17 Å². The highest BCUT2D eigenvalue weighted by Crippen LogP contribution is 2.32. The molecule has 4 aromatic rings. The average molecular weight is 504 g/mol. The van der Waals surface area contributed by atoms with E-state index in [0.29, 0.717) is 10.1 Å². The van der Waals surface area contributed by atoms with Crippen molar-refractivity contribution in [3.8, 4) is 0 Å². The molecule has 34 heavy (non-hydrogen) atoms. The molecule has 0 radical (unpaired) electrons. The Bertz CT molecular complexity index is 1420. The summed E-state index contributed by atoms with van der Waals surface area (Å²) in [6, 6.07) is 24.1. The van der Waals surface area contributed by atoms with Gasteiger partial charge in [0.2, 0.25) is 0 Å². The van der Waals surface area contributed by atoms with Gasteiger partial charge >= 0.3 is 0 Å². The number of aliphatic imine (C=N–C) groups is 1. The van der Waals surface area contributed by atoms with Gasteiger partial charge in [-0.15, -0.1) is 11.8 Å². The van der Waals surface area contributed by atoms with E-state index in [1.807, 2.05) is 73.7 Å². The van der Waals surface area contributed by atoms with Gasteiger partial charge in [-0.05, 0) is 66.7 Å². The number of amides is 1. The molecule has 0 aliphatic carbocycles. The minimum Gasteiger partial charge on any atom is -0.346 e. The second-order valence-electron chi connectivity index (χ2n) is 7.87. The first-order valence-electron chi connectivity index (χ1n) is 10.9. The predicted octanol–water partition coefficient (Wildman–Crippen LogP) is 7.29. The fourth-order valence-electron chi connectivity index (χ4n) is 3.79. The Morgan fingerprint density at radius 2 is 1.82 bits per heavy atom. The summed E-state index contributed by atoms with van der Waals surface area (Å²) in [5.41, 5.74) is 4.12. The van der Waals surface area contributed by atoms with Gasteiger partial charge in [-0.3, -0.25) is 4.79 Å². The molecule has 1 saturated heterocycles. The maximum atomic E-state index is 12.7. The molecule has 4 nitrogen and oxygen atoms in total. The summed E-state index contributed by atoms with van der Waals surface area (Å²) in [6.45, 7) is 2.87. The van der Waals surface area contributed by atoms with Crippen molar-refractivity contribution in [2.24, 2.45) is 4.99 Å². The van der Waals surface area contributed by atoms with Gasteiger partial charge in [0, 0.05) is 44.9 Å². The van der Waals surface area contributed by atoms with Crippen molar-refractivity contribution in [2.45, 2.75) is 18.4 Å². The SMILES string of the molecule is Cc1ccccc1N=C1NC(=O)/C(=C/c2cn(CCSc3ccc(Cl)cc3)c3ccccc23)S1. The van der Waals surface area contributed by atoms with E-state index >= 15 is 0 Å². The molecule has 1 fully saturated rings. The summed E-state index contributed by atoms with van der Waals surface area (Å²) in [4.78, 5) is 19.1. The normalized spacial score (nSPS) is 16.0. The molecule has 1 amide bonds. The molecule has 7 heteroatoms. The number of thioether (sulfide) groups is 2. The number of hydrogen-bond acceptors (Lipinski definition) is 4. The van der Waals surface area contributed by atoms with Gasteiger partial charge in [0.25, 0.3) is 5.91 Å². The summed E-state index contributed by atoms with van der Waals surface area (Å²) in [5, 5.41) is 5.38. The Labute approximate surface area is 212 Å². The number of carbonyl (C=O) groups excluding carboxylic acids is 1. The summed E-state index contributed by atoms with van der Waals surface area (Å²) < 4.78 is 2.25. The lowest BCUT2D eigenvalue weighted by atomic mass is 10.1. The molecular formula is C27H22ClN3OS2. The number of halogens is 1. The molecule has 1 N–H and O–H groups in total. The first-order chi connectivity index (χ1) is 16.6. The molecule has 0 unspecified atom stereocenters. The molecule has 2 heterocycles. The predicted molar refractivity (Wildman–Crippen MR) is 146 cm³/mol. The molecular weight excluding hydrogens is 482 g/mol. The van der Waals surface area contributed by atoms with Crippen LogP contribution >= 0.6 is 35.1 Å². The van der Waals surface area contributed by atoms with Crippen LogP contribution in [0, 0.1) is 6.92 Å². The van der Waals surface area contributed by atoms with Gasteiger partial charge in [-0.1, -0.05) is 48.0 Å². The monoisotopic (exact) mass is 503 g/mol. The quantitative estimate of drug-likeness (QED) is 0.222. The zero-order chi connectivity index (χ0) is 23.5. The highest BCUT2D eigenvalue weighted by molar-refractivity contribution is 8.18. The Balaban J connectivity index is 1.37. The number of nitrogens with zero attached hydrogens (tertiary/aromatic N) is 2. The van der Waals surface area contributed by atoms with E-state index in [1.54, 1.807) is 11.8 Å². The number of rotatable bonds is 6. The van der Waals surface area contributed by atoms with Gasteiger partial charge in [0.1, 0.15) is 0 Å². The second-order valence-corrected chi connectivity index (χ2v) is 10.5. The largest absolute Gasteiger partial charge is 0.346 e. The number of aromatic nitrogens is 1. The van der Waals surface area contributed by atoms with Gasteiger partial charge in [-0.2, -0.15) is 0 Å². The van der Waals surface area contributed by atoms with Crippen molar-refractivity contribution < 1.29 is 4.79 Å². The number of hydrogen-bond donors (Lipinski definition) is 1. The van der Waals surface area contributed by atoms with Crippen molar-refractivity contribution >= 4 is 68.9 Å². The van der Waals surface area contributed by atoms with Crippen LogP contribution in [0.5, 0.6) is 0 Å². The third kappa shape index (κ3) is 5.09. The molecule has 1 aliphatic heterocycles. The van der Waals surface area contributed by atoms with Crippen molar-refractivity contribution in [1.82, 2.24) is 9.88 Å². The maximum Gasteiger partial charge on any atom is 0.264 e. The number of para-hydroxylation sites is 2. The van der Waals surface area contributed by atoms with Crippen LogP contribution in [0.3, 0.4) is 0 Å². The lowest BCUT2D eigenvalue weighted by Crippen LogP contribution is -2.19. The van der Waals surface area contributed by atoms with Gasteiger partial charge in [-0.25, -0.2) is 4.99 Å². The van der Waals surface area contributed by atoms with E-state index < -0.39 is 0 Å². The Morgan fingerprint density at radius 1 is 1.06 bits per heavy atom. The van der Waals surface area contributed by atoms with Crippen LogP contribution in [0.1, 0.15) is 11.1 Å². The number of amidine groups is 1. The molecule has 5 rings (SSSR count). The first-order valence-corrected chi connectivity index (χ1v) is 13.1. The molecule has 170 valence electrons. The number of carbonyl (C=O) groups is 1. The van der Waals surface area contributed by atoms with Crippen LogP contribution in [-0.2, 0) is 11.3 Å². The zero-order valence-electron chi connectivity index (χ0n) is 18.5. The van der Waals surface area contributed by atoms with E-state index in [2.05, 4.69) is 33.2 Å². The summed E-state index contributed by atoms with van der Waals surface area (Å²) in [7, 11) is 0. The average Bonchev–Trinajstić information content (AvgIpc) is 3.36. The maximum absolute atomic E-state index is 12.7. The van der Waals surface area contributed by atoms with E-state index in [0.717, 1.165) is 45.0 Å². The molecule has 3 aromatic carbocycles. The minimum atomic E-state index is -0.118. The molecule has 0 saturated carbocycles. The minimum absolute atomic E-state index is 0.118. The molecule has 0 atom stereocenters. The van der Waals surface area contributed by atoms with Crippen LogP contribution in [0.2, 0.25) is 5.02 Å². The van der Waals surface area contributed by atoms with E-state index in [9.17, 15) is 4.79 Å². The van der Waals surface area contributed by atoms with E-state index in [1.165, 1.54) is 16.7 Å².